The van der Waals surface area contributed by atoms with E-state index in [0.717, 1.165) is 77.0 Å². The number of carbonyl (C=O) groups is 1. The topological polar surface area (TPSA) is 228 Å². The third-order valence-corrected chi connectivity index (χ3v) is 14.2. The Hall–Kier alpha value is -2.31. The van der Waals surface area contributed by atoms with Crippen LogP contribution in [0.3, 0.4) is 0 Å². The molecule has 14 nitrogen and oxygen atoms in total. The van der Waals surface area contributed by atoms with Crippen LogP contribution in [0.1, 0.15) is 219 Å². The number of aliphatic hydroxyl groups excluding tert-OH is 8. The van der Waals surface area contributed by atoms with Gasteiger partial charge in [-0.2, -0.15) is 0 Å². The van der Waals surface area contributed by atoms with Crippen molar-refractivity contribution in [1.82, 2.24) is 5.32 Å². The van der Waals surface area contributed by atoms with E-state index in [1.165, 1.54) is 109 Å². The largest absolute Gasteiger partial charge is 0.394 e. The minimum Gasteiger partial charge on any atom is -0.394 e. The van der Waals surface area contributed by atoms with E-state index in [1.54, 1.807) is 0 Å². The van der Waals surface area contributed by atoms with Gasteiger partial charge < -0.3 is 65.1 Å². The Bertz CT molecular complexity index is 1470. The lowest BCUT2D eigenvalue weighted by Gasteiger charge is -2.46. The fourth-order valence-electron chi connectivity index (χ4n) is 9.50. The van der Waals surface area contributed by atoms with Crippen LogP contribution in [0.4, 0.5) is 0 Å². The molecular weight excluding hydrogens is 943 g/mol. The molecule has 2 aliphatic heterocycles. The molecule has 2 saturated heterocycles. The first-order chi connectivity index (χ1) is 36.1. The predicted molar refractivity (Wildman–Crippen MR) is 295 cm³/mol. The summed E-state index contributed by atoms with van der Waals surface area (Å²) in [4.78, 5) is 13.3. The number of hydrogen-bond acceptors (Lipinski definition) is 13. The van der Waals surface area contributed by atoms with Gasteiger partial charge in [-0.25, -0.2) is 0 Å². The zero-order valence-corrected chi connectivity index (χ0v) is 46.1. The average molecular weight is 1050 g/mol. The number of hydrogen-bond donors (Lipinski definition) is 9. The number of amides is 1. The minimum atomic E-state index is -1.79. The molecular formula is C60H107NO13. The van der Waals surface area contributed by atoms with Crippen molar-refractivity contribution in [2.24, 2.45) is 0 Å². The first kappa shape index (κ1) is 67.8. The van der Waals surface area contributed by atoms with E-state index >= 15 is 0 Å². The molecule has 0 aromatic carbocycles. The number of rotatable bonds is 46. The van der Waals surface area contributed by atoms with E-state index < -0.39 is 86.8 Å². The summed E-state index contributed by atoms with van der Waals surface area (Å²) in [5.41, 5.74) is 0. The number of nitrogens with one attached hydrogen (secondary N) is 1. The summed E-state index contributed by atoms with van der Waals surface area (Å²) in [7, 11) is 0. The fourth-order valence-corrected chi connectivity index (χ4v) is 9.50. The van der Waals surface area contributed by atoms with Crippen molar-refractivity contribution in [3.05, 3.63) is 60.8 Å². The molecule has 1 amide bonds. The van der Waals surface area contributed by atoms with Gasteiger partial charge in [-0.1, -0.05) is 216 Å². The Morgan fingerprint density at radius 3 is 1.42 bits per heavy atom. The normalized spacial score (nSPS) is 25.6. The highest BCUT2D eigenvalue weighted by Gasteiger charge is 2.51. The molecule has 0 bridgehead atoms. The zero-order valence-electron chi connectivity index (χ0n) is 46.1. The van der Waals surface area contributed by atoms with E-state index in [9.17, 15) is 45.6 Å². The van der Waals surface area contributed by atoms with Gasteiger partial charge in [0.2, 0.25) is 5.91 Å². The fraction of sp³-hybridized carbons (Fsp3) is 0.817. The Labute approximate surface area is 447 Å². The van der Waals surface area contributed by atoms with Crippen LogP contribution < -0.4 is 5.32 Å². The quantitative estimate of drug-likeness (QED) is 0.0205. The van der Waals surface area contributed by atoms with Crippen LogP contribution >= 0.6 is 0 Å². The number of carbonyl (C=O) groups excluding carboxylic acids is 1. The lowest BCUT2D eigenvalue weighted by Crippen LogP contribution is -2.65. The molecule has 0 aromatic rings. The van der Waals surface area contributed by atoms with E-state index in [0.29, 0.717) is 12.8 Å². The van der Waals surface area contributed by atoms with Gasteiger partial charge in [0, 0.05) is 6.42 Å². The number of unbranched alkanes of at least 4 members (excludes halogenated alkanes) is 23. The Morgan fingerprint density at radius 2 is 0.932 bits per heavy atom. The monoisotopic (exact) mass is 1050 g/mol. The smallest absolute Gasteiger partial charge is 0.220 e. The third kappa shape index (κ3) is 31.2. The zero-order chi connectivity index (χ0) is 53.9. The van der Waals surface area contributed by atoms with E-state index in [4.69, 9.17) is 18.9 Å². The molecule has 14 heteroatoms. The first-order valence-corrected chi connectivity index (χ1v) is 29.5. The predicted octanol–water partition coefficient (Wildman–Crippen LogP) is 9.78. The second-order valence-electron chi connectivity index (χ2n) is 20.7. The molecule has 0 spiro atoms. The van der Waals surface area contributed by atoms with Crippen LogP contribution in [0.5, 0.6) is 0 Å². The van der Waals surface area contributed by atoms with Crippen LogP contribution in [-0.2, 0) is 23.7 Å². The summed E-state index contributed by atoms with van der Waals surface area (Å²) in [5.74, 6) is -0.238. The maximum Gasteiger partial charge on any atom is 0.220 e. The van der Waals surface area contributed by atoms with Crippen molar-refractivity contribution in [3.63, 3.8) is 0 Å². The lowest BCUT2D eigenvalue weighted by molar-refractivity contribution is -0.359. The Morgan fingerprint density at radius 1 is 0.500 bits per heavy atom. The van der Waals surface area contributed by atoms with Crippen molar-refractivity contribution >= 4 is 5.91 Å². The Balaban J connectivity index is 1.78. The number of allylic oxidation sites excluding steroid dienone is 10. The highest BCUT2D eigenvalue weighted by Crippen LogP contribution is 2.30. The summed E-state index contributed by atoms with van der Waals surface area (Å²) in [6.07, 6.45) is 40.7. The average Bonchev–Trinajstić information content (AvgIpc) is 3.40. The van der Waals surface area contributed by atoms with Crippen molar-refractivity contribution < 1.29 is 64.6 Å². The van der Waals surface area contributed by atoms with Crippen LogP contribution in [0, 0.1) is 0 Å². The van der Waals surface area contributed by atoms with Crippen molar-refractivity contribution in [3.8, 4) is 0 Å². The summed E-state index contributed by atoms with van der Waals surface area (Å²) >= 11 is 0. The molecule has 2 fully saturated rings. The molecule has 0 aromatic heterocycles. The van der Waals surface area contributed by atoms with Gasteiger partial charge in [-0.15, -0.1) is 0 Å². The molecule has 2 aliphatic rings. The maximum atomic E-state index is 13.3. The molecule has 74 heavy (non-hydrogen) atoms. The van der Waals surface area contributed by atoms with Crippen molar-refractivity contribution in [2.75, 3.05) is 19.8 Å². The highest BCUT2D eigenvalue weighted by molar-refractivity contribution is 5.76. The van der Waals surface area contributed by atoms with Gasteiger partial charge in [-0.05, 0) is 57.8 Å². The van der Waals surface area contributed by atoms with Crippen LogP contribution in [0.2, 0.25) is 0 Å². The van der Waals surface area contributed by atoms with Gasteiger partial charge in [0.25, 0.3) is 0 Å². The van der Waals surface area contributed by atoms with Crippen molar-refractivity contribution in [2.45, 2.75) is 293 Å². The Kier molecular flexibility index (Phi) is 41.9. The molecule has 12 unspecified atom stereocenters. The lowest BCUT2D eigenvalue weighted by atomic mass is 9.97. The second-order valence-corrected chi connectivity index (χ2v) is 20.7. The van der Waals surface area contributed by atoms with Crippen LogP contribution in [0.15, 0.2) is 60.8 Å². The number of ether oxygens (including phenoxy) is 4. The van der Waals surface area contributed by atoms with Gasteiger partial charge in [-0.3, -0.25) is 4.79 Å². The summed E-state index contributed by atoms with van der Waals surface area (Å²) in [6, 6.07) is -0.850. The SMILES string of the molecule is CC/C=C\C/C=C\C/C=C\C/C=C\C/C=C\CCCCCC(=O)NC(COC1OC(CO)C(OC2OC(CO)C(O)C(O)C2O)C(O)C1O)C(O)CCCCCCCCCCCCCCCCCCCCCCC. The summed E-state index contributed by atoms with van der Waals surface area (Å²) in [5, 5.41) is 87.2. The third-order valence-electron chi connectivity index (χ3n) is 14.2. The van der Waals surface area contributed by atoms with Crippen LogP contribution in [-0.4, -0.2) is 140 Å². The van der Waals surface area contributed by atoms with E-state index in [-0.39, 0.29) is 18.9 Å². The van der Waals surface area contributed by atoms with Gasteiger partial charge in [0.1, 0.15) is 48.8 Å². The molecule has 430 valence electrons. The minimum absolute atomic E-state index is 0.238. The second kappa shape index (κ2) is 45.7. The van der Waals surface area contributed by atoms with Crippen molar-refractivity contribution in [1.29, 1.82) is 0 Å². The van der Waals surface area contributed by atoms with Gasteiger partial charge >= 0.3 is 0 Å². The first-order valence-electron chi connectivity index (χ1n) is 29.5. The molecule has 0 aliphatic carbocycles. The molecule has 2 heterocycles. The molecule has 2 rings (SSSR count). The standard InChI is InChI=1S/C60H107NO13/c1-3-5-7-9-11-13-15-17-19-21-23-24-26-27-29-31-33-35-37-39-41-43-49(64)48(61-52(65)44-42-40-38-36-34-32-30-28-25-22-20-18-16-14-12-10-8-6-4-2)47-71-59-57(70)55(68)58(51(46-63)73-59)74-60-56(69)54(67)53(66)50(45-62)72-60/h6,8,12,14,18,20,25,28,32,34,48-51,53-60,62-64,66-70H,3-5,7,9-11,13,15-17,19,21-24,26-27,29-31,33,35-47H2,1-2H3,(H,61,65)/b8-6-,14-12-,20-18-,28-25-,34-32-. The maximum absolute atomic E-state index is 13.3. The summed E-state index contributed by atoms with van der Waals surface area (Å²) < 4.78 is 22.8. The molecule has 0 radical (unpaired) electrons. The highest BCUT2D eigenvalue weighted by atomic mass is 16.7. The number of aliphatic hydroxyl groups is 8. The van der Waals surface area contributed by atoms with Gasteiger partial charge in [0.05, 0.1) is 32.0 Å². The molecule has 9 N–H and O–H groups in total. The van der Waals surface area contributed by atoms with Gasteiger partial charge in [0.15, 0.2) is 12.6 Å². The van der Waals surface area contributed by atoms with Crippen LogP contribution in [0.25, 0.3) is 0 Å². The molecule has 12 atom stereocenters. The summed E-state index contributed by atoms with van der Waals surface area (Å²) in [6.45, 7) is 2.73. The molecule has 0 saturated carbocycles. The van der Waals surface area contributed by atoms with E-state index in [1.807, 2.05) is 0 Å². The van der Waals surface area contributed by atoms with E-state index in [2.05, 4.69) is 79.9 Å².